The number of allylic oxidation sites excluding steroid dienone is 2. The van der Waals surface area contributed by atoms with E-state index in [1.807, 2.05) is 12.1 Å². The van der Waals surface area contributed by atoms with Crippen LogP contribution in [0.4, 0.5) is 0 Å². The van der Waals surface area contributed by atoms with Crippen LogP contribution in [0.25, 0.3) is 0 Å². The van der Waals surface area contributed by atoms with Crippen molar-refractivity contribution < 1.29 is 18.3 Å². The van der Waals surface area contributed by atoms with E-state index in [2.05, 4.69) is 10.8 Å². The Morgan fingerprint density at radius 2 is 1.85 bits per heavy atom. The molecular weight excluding hydrogens is 390 g/mol. The van der Waals surface area contributed by atoms with Crippen molar-refractivity contribution in [2.45, 2.75) is 55.9 Å². The number of fused-ring (bicyclic) bond motifs is 2. The second-order valence-corrected chi connectivity index (χ2v) is 9.16. The van der Waals surface area contributed by atoms with Crippen LogP contribution in [0.1, 0.15) is 44.9 Å². The molecule has 2 N–H and O–H groups in total. The number of carboxylic acids is 1. The molecule has 0 aromatic heterocycles. The van der Waals surface area contributed by atoms with E-state index in [1.54, 1.807) is 24.3 Å². The van der Waals surface area contributed by atoms with Crippen LogP contribution in [0.3, 0.4) is 0 Å². The van der Waals surface area contributed by atoms with Crippen molar-refractivity contribution in [2.24, 2.45) is 17.8 Å². The van der Waals surface area contributed by atoms with Crippen LogP contribution in [0.2, 0.25) is 0 Å². The average Bonchev–Trinajstić information content (AvgIpc) is 3.20. The van der Waals surface area contributed by atoms with Gasteiger partial charge in [-0.2, -0.15) is 0 Å². The van der Waals surface area contributed by atoms with Crippen LogP contribution >= 0.6 is 0 Å². The van der Waals surface area contributed by atoms with Crippen LogP contribution in [0, 0.1) is 17.8 Å². The molecule has 4 atom stereocenters. The minimum atomic E-state index is -3.49. The van der Waals surface area contributed by atoms with Gasteiger partial charge >= 0.3 is 43.7 Å². The standard InChI is InChI=1S/C20H27NO4S.Ca.2H/c22-19(23)11-7-2-1-6-10-18-15-12-13-16(14-15)20(18)21-26(24,25)17-8-4-3-5-9-17;;;/h1,3-6,8-9,15-16,18,20-21H,2,7,10-14H2,(H,22,23);;;/b6-1-;;;/t15-,16+,18+,20+;;;/m1.../s1. The average molecular weight is 420 g/mol. The van der Waals surface area contributed by atoms with E-state index in [0.29, 0.717) is 29.1 Å². The summed E-state index contributed by atoms with van der Waals surface area (Å²) in [5.74, 6) is 0.598. The van der Waals surface area contributed by atoms with Crippen LogP contribution in [0.15, 0.2) is 47.4 Å². The summed E-state index contributed by atoms with van der Waals surface area (Å²) in [6.45, 7) is 0. The molecule has 0 unspecified atom stereocenters. The Morgan fingerprint density at radius 3 is 2.56 bits per heavy atom. The third-order valence-corrected chi connectivity index (χ3v) is 7.24. The van der Waals surface area contributed by atoms with E-state index in [-0.39, 0.29) is 50.2 Å². The van der Waals surface area contributed by atoms with Crippen molar-refractivity contribution in [3.63, 3.8) is 0 Å². The number of carboxylic acid groups (broad SMARTS) is 1. The molecule has 5 nitrogen and oxygen atoms in total. The number of aliphatic carboxylic acids is 1. The second-order valence-electron chi connectivity index (χ2n) is 7.45. The Kier molecular flexibility index (Phi) is 8.81. The van der Waals surface area contributed by atoms with Gasteiger partial charge in [0.2, 0.25) is 10.0 Å². The van der Waals surface area contributed by atoms with E-state index in [4.69, 9.17) is 5.11 Å². The van der Waals surface area contributed by atoms with Gasteiger partial charge in [0.25, 0.3) is 0 Å². The third-order valence-electron chi connectivity index (χ3n) is 5.77. The number of unbranched alkanes of at least 4 members (excludes halogenated alkanes) is 1. The summed E-state index contributed by atoms with van der Waals surface area (Å²) in [6, 6.07) is 8.57. The summed E-state index contributed by atoms with van der Waals surface area (Å²) in [5.41, 5.74) is 0. The van der Waals surface area contributed by atoms with Crippen LogP contribution < -0.4 is 4.72 Å². The molecule has 0 saturated heterocycles. The summed E-state index contributed by atoms with van der Waals surface area (Å²) in [7, 11) is -3.49. The Hall–Kier alpha value is -0.400. The van der Waals surface area contributed by atoms with Gasteiger partial charge in [-0.05, 0) is 68.4 Å². The molecule has 0 spiro atoms. The fourth-order valence-electron chi connectivity index (χ4n) is 4.52. The first-order valence-corrected chi connectivity index (χ1v) is 10.9. The predicted molar refractivity (Wildman–Crippen MR) is 109 cm³/mol. The predicted octanol–water partition coefficient (Wildman–Crippen LogP) is 2.66. The molecule has 2 aliphatic rings. The molecule has 2 aliphatic carbocycles. The molecule has 2 saturated carbocycles. The number of rotatable bonds is 9. The molecule has 27 heavy (non-hydrogen) atoms. The van der Waals surface area contributed by atoms with Gasteiger partial charge in [0, 0.05) is 12.5 Å². The van der Waals surface area contributed by atoms with Crippen LogP contribution in [-0.2, 0) is 14.8 Å². The quantitative estimate of drug-likeness (QED) is 0.366. The van der Waals surface area contributed by atoms with Crippen molar-refractivity contribution in [1.82, 2.24) is 4.72 Å². The molecule has 2 bridgehead atoms. The first-order chi connectivity index (χ1) is 12.5. The first-order valence-electron chi connectivity index (χ1n) is 9.41. The van der Waals surface area contributed by atoms with Gasteiger partial charge in [0.15, 0.2) is 0 Å². The van der Waals surface area contributed by atoms with Crippen molar-refractivity contribution in [2.75, 3.05) is 0 Å². The van der Waals surface area contributed by atoms with E-state index < -0.39 is 16.0 Å². The molecule has 0 radical (unpaired) electrons. The maximum absolute atomic E-state index is 12.7. The van der Waals surface area contributed by atoms with Gasteiger partial charge < -0.3 is 5.11 Å². The number of carbonyl (C=O) groups is 1. The first kappa shape index (κ1) is 22.9. The van der Waals surface area contributed by atoms with Gasteiger partial charge in [0.05, 0.1) is 4.90 Å². The number of hydrogen-bond donors (Lipinski definition) is 2. The SMILES string of the molecule is O=C(O)CCC/C=C\C[C@H]1[C@@H]2CC[C@@H](C2)[C@@H]1NS(=O)(=O)c1ccccc1.[CaH2]. The molecular formula is C20H29CaNO4S. The van der Waals surface area contributed by atoms with Crippen LogP contribution in [0.5, 0.6) is 0 Å². The minimum absolute atomic E-state index is 0. The van der Waals surface area contributed by atoms with Gasteiger partial charge in [-0.3, -0.25) is 4.79 Å². The Bertz CT molecular complexity index is 751. The number of nitrogens with one attached hydrogen (secondary N) is 1. The molecule has 1 aromatic carbocycles. The molecule has 0 heterocycles. The van der Waals surface area contributed by atoms with Gasteiger partial charge in [-0.25, -0.2) is 13.1 Å². The third kappa shape index (κ3) is 6.04. The van der Waals surface area contributed by atoms with Crippen molar-refractivity contribution in [3.8, 4) is 0 Å². The van der Waals surface area contributed by atoms with Gasteiger partial charge in [0.1, 0.15) is 0 Å². The summed E-state index contributed by atoms with van der Waals surface area (Å²) in [5, 5.41) is 8.66. The number of sulfonamides is 1. The maximum atomic E-state index is 12.7. The zero-order valence-corrected chi connectivity index (χ0v) is 15.7. The monoisotopic (exact) mass is 419 g/mol. The summed E-state index contributed by atoms with van der Waals surface area (Å²) < 4.78 is 28.4. The molecule has 3 rings (SSSR count). The van der Waals surface area contributed by atoms with Gasteiger partial charge in [-0.1, -0.05) is 30.4 Å². The topological polar surface area (TPSA) is 83.5 Å². The van der Waals surface area contributed by atoms with E-state index in [0.717, 1.165) is 25.7 Å². The van der Waals surface area contributed by atoms with Crippen molar-refractivity contribution in [3.05, 3.63) is 42.5 Å². The molecule has 1 aromatic rings. The van der Waals surface area contributed by atoms with Crippen molar-refractivity contribution in [1.29, 1.82) is 0 Å². The van der Waals surface area contributed by atoms with Crippen LogP contribution in [-0.4, -0.2) is 63.3 Å². The molecule has 2 fully saturated rings. The molecule has 146 valence electrons. The Balaban J connectivity index is 0.00000261. The summed E-state index contributed by atoms with van der Waals surface area (Å²) >= 11 is 0. The zero-order valence-electron chi connectivity index (χ0n) is 14.9. The van der Waals surface area contributed by atoms with E-state index >= 15 is 0 Å². The molecule has 0 aliphatic heterocycles. The fourth-order valence-corrected chi connectivity index (χ4v) is 5.90. The number of hydrogen-bond acceptors (Lipinski definition) is 3. The van der Waals surface area contributed by atoms with Crippen molar-refractivity contribution >= 4 is 53.7 Å². The zero-order chi connectivity index (χ0) is 18.6. The number of benzene rings is 1. The Labute approximate surface area is 191 Å². The summed E-state index contributed by atoms with van der Waals surface area (Å²) in [4.78, 5) is 10.9. The normalized spacial score (nSPS) is 27.0. The second kappa shape index (κ2) is 10.4. The fraction of sp³-hybridized carbons (Fsp3) is 0.550. The summed E-state index contributed by atoms with van der Waals surface area (Å²) in [6.07, 6.45) is 10.00. The van der Waals surface area contributed by atoms with Gasteiger partial charge in [-0.15, -0.1) is 0 Å². The Morgan fingerprint density at radius 1 is 1.15 bits per heavy atom. The van der Waals surface area contributed by atoms with E-state index in [9.17, 15) is 13.2 Å². The molecule has 7 heteroatoms. The molecule has 0 amide bonds. The van der Waals surface area contributed by atoms with E-state index in [1.165, 1.54) is 6.42 Å².